The number of aromatic nitrogens is 1. The number of ether oxygens (including phenoxy) is 1. The lowest BCUT2D eigenvalue weighted by Crippen LogP contribution is -2.15. The lowest BCUT2D eigenvalue weighted by molar-refractivity contribution is 0.101. The zero-order valence-electron chi connectivity index (χ0n) is 15.9. The highest BCUT2D eigenvalue weighted by atomic mass is 16.5. The second-order valence-corrected chi connectivity index (χ2v) is 6.51. The van der Waals surface area contributed by atoms with Crippen LogP contribution in [0.3, 0.4) is 0 Å². The number of nitrogens with zero attached hydrogens (tertiary/aromatic N) is 1. The highest BCUT2D eigenvalue weighted by molar-refractivity contribution is 6.07. The van der Waals surface area contributed by atoms with Crippen LogP contribution < -0.4 is 15.4 Å². The molecule has 3 rings (SSSR count). The van der Waals surface area contributed by atoms with E-state index in [2.05, 4.69) is 20.3 Å². The first-order chi connectivity index (χ1) is 13.4. The first-order valence-corrected chi connectivity index (χ1v) is 8.83. The monoisotopic (exact) mass is 379 g/mol. The SMILES string of the molecule is Cc1ccc(C(=O)Nc2ccc(OC(C)C)cc2)cc1NC(=O)c1ccon1. The number of amides is 2. The maximum absolute atomic E-state index is 12.6. The van der Waals surface area contributed by atoms with Gasteiger partial charge in [-0.15, -0.1) is 0 Å². The predicted molar refractivity (Wildman–Crippen MR) is 106 cm³/mol. The second kappa shape index (κ2) is 8.39. The third-order valence-corrected chi connectivity index (χ3v) is 3.90. The minimum atomic E-state index is -0.407. The van der Waals surface area contributed by atoms with Gasteiger partial charge in [-0.05, 0) is 62.7 Å². The molecule has 0 radical (unpaired) electrons. The van der Waals surface area contributed by atoms with Crippen LogP contribution in [0.5, 0.6) is 5.75 Å². The largest absolute Gasteiger partial charge is 0.491 e. The number of carbonyl (C=O) groups is 2. The maximum Gasteiger partial charge on any atom is 0.277 e. The molecule has 2 N–H and O–H groups in total. The van der Waals surface area contributed by atoms with E-state index in [1.54, 1.807) is 42.5 Å². The van der Waals surface area contributed by atoms with E-state index >= 15 is 0 Å². The van der Waals surface area contributed by atoms with E-state index < -0.39 is 5.91 Å². The molecule has 0 saturated carbocycles. The zero-order valence-corrected chi connectivity index (χ0v) is 15.9. The topological polar surface area (TPSA) is 93.5 Å². The van der Waals surface area contributed by atoms with Gasteiger partial charge < -0.3 is 19.9 Å². The number of hydrogen-bond acceptors (Lipinski definition) is 5. The van der Waals surface area contributed by atoms with Crippen LogP contribution in [0.25, 0.3) is 0 Å². The molecule has 7 heteroatoms. The highest BCUT2D eigenvalue weighted by Crippen LogP contribution is 2.21. The molecule has 1 heterocycles. The second-order valence-electron chi connectivity index (χ2n) is 6.51. The van der Waals surface area contributed by atoms with Crippen LogP contribution in [-0.2, 0) is 0 Å². The summed E-state index contributed by atoms with van der Waals surface area (Å²) in [6.07, 6.45) is 1.40. The van der Waals surface area contributed by atoms with Crippen molar-refractivity contribution in [2.45, 2.75) is 26.9 Å². The predicted octanol–water partition coefficient (Wildman–Crippen LogP) is 4.27. The van der Waals surface area contributed by atoms with E-state index in [4.69, 9.17) is 4.74 Å². The molecule has 3 aromatic rings. The Labute approximate surface area is 162 Å². The Morgan fingerprint density at radius 3 is 2.39 bits per heavy atom. The molecule has 144 valence electrons. The van der Waals surface area contributed by atoms with Crippen LogP contribution in [0.1, 0.15) is 40.3 Å². The van der Waals surface area contributed by atoms with E-state index in [0.717, 1.165) is 11.3 Å². The highest BCUT2D eigenvalue weighted by Gasteiger charge is 2.13. The Morgan fingerprint density at radius 1 is 1.00 bits per heavy atom. The summed E-state index contributed by atoms with van der Waals surface area (Å²) in [5, 5.41) is 9.17. The third kappa shape index (κ3) is 4.76. The van der Waals surface area contributed by atoms with Gasteiger partial charge in [-0.25, -0.2) is 0 Å². The quantitative estimate of drug-likeness (QED) is 0.667. The van der Waals surface area contributed by atoms with Gasteiger partial charge in [-0.2, -0.15) is 0 Å². The molecule has 0 saturated heterocycles. The molecule has 0 spiro atoms. The fourth-order valence-electron chi connectivity index (χ4n) is 2.51. The lowest BCUT2D eigenvalue weighted by atomic mass is 10.1. The number of rotatable bonds is 6. The van der Waals surface area contributed by atoms with E-state index in [1.165, 1.54) is 12.3 Å². The Bertz CT molecular complexity index is 964. The standard InChI is InChI=1S/C21H21N3O4/c1-13(2)28-17-8-6-16(7-9-17)22-20(25)15-5-4-14(3)19(12-15)23-21(26)18-10-11-27-24-18/h4-13H,1-3H3,(H,22,25)(H,23,26). The number of hydrogen-bond donors (Lipinski definition) is 2. The van der Waals surface area contributed by atoms with Crippen LogP contribution in [0, 0.1) is 6.92 Å². The smallest absolute Gasteiger partial charge is 0.277 e. The minimum absolute atomic E-state index is 0.0823. The van der Waals surface area contributed by atoms with E-state index in [-0.39, 0.29) is 17.7 Å². The number of carbonyl (C=O) groups excluding carboxylic acids is 2. The van der Waals surface area contributed by atoms with Gasteiger partial charge in [0, 0.05) is 23.0 Å². The van der Waals surface area contributed by atoms with Gasteiger partial charge >= 0.3 is 0 Å². The number of aryl methyl sites for hydroxylation is 1. The molecule has 0 fully saturated rings. The van der Waals surface area contributed by atoms with Gasteiger partial charge in [-0.3, -0.25) is 9.59 Å². The van der Waals surface area contributed by atoms with Crippen LogP contribution in [-0.4, -0.2) is 23.1 Å². The molecule has 7 nitrogen and oxygen atoms in total. The van der Waals surface area contributed by atoms with E-state index in [0.29, 0.717) is 16.9 Å². The number of benzene rings is 2. The van der Waals surface area contributed by atoms with Crippen LogP contribution in [0.2, 0.25) is 0 Å². The molecular weight excluding hydrogens is 358 g/mol. The maximum atomic E-state index is 12.6. The van der Waals surface area contributed by atoms with Crippen molar-refractivity contribution in [2.24, 2.45) is 0 Å². The van der Waals surface area contributed by atoms with Gasteiger partial charge in [0.1, 0.15) is 12.0 Å². The zero-order chi connectivity index (χ0) is 20.1. The molecule has 0 aliphatic rings. The van der Waals surface area contributed by atoms with Crippen molar-refractivity contribution in [1.29, 1.82) is 0 Å². The summed E-state index contributed by atoms with van der Waals surface area (Å²) in [6.45, 7) is 5.74. The molecule has 2 aromatic carbocycles. The molecule has 0 atom stereocenters. The lowest BCUT2D eigenvalue weighted by Gasteiger charge is -2.12. The first kappa shape index (κ1) is 19.2. The van der Waals surface area contributed by atoms with Gasteiger partial charge in [0.15, 0.2) is 5.69 Å². The van der Waals surface area contributed by atoms with Crippen LogP contribution in [0.15, 0.2) is 59.3 Å². The fourth-order valence-corrected chi connectivity index (χ4v) is 2.51. The van der Waals surface area contributed by atoms with E-state index in [9.17, 15) is 9.59 Å². The van der Waals surface area contributed by atoms with Gasteiger partial charge in [0.05, 0.1) is 6.10 Å². The summed E-state index contributed by atoms with van der Waals surface area (Å²) in [5.74, 6) is 0.0470. The molecule has 2 amide bonds. The molecule has 0 bridgehead atoms. The minimum Gasteiger partial charge on any atom is -0.491 e. The van der Waals surface area contributed by atoms with Crippen molar-refractivity contribution in [1.82, 2.24) is 5.16 Å². The number of anilines is 2. The average molecular weight is 379 g/mol. The molecule has 28 heavy (non-hydrogen) atoms. The molecule has 0 aliphatic carbocycles. The van der Waals surface area contributed by atoms with Crippen molar-refractivity contribution in [3.8, 4) is 5.75 Å². The summed E-state index contributed by atoms with van der Waals surface area (Å²) in [7, 11) is 0. The Kier molecular flexibility index (Phi) is 5.74. The van der Waals surface area contributed by atoms with E-state index in [1.807, 2.05) is 20.8 Å². The van der Waals surface area contributed by atoms with Crippen molar-refractivity contribution in [2.75, 3.05) is 10.6 Å². The Morgan fingerprint density at radius 2 is 1.75 bits per heavy atom. The van der Waals surface area contributed by atoms with Crippen molar-refractivity contribution in [3.05, 3.63) is 71.6 Å². The Balaban J connectivity index is 1.70. The fraction of sp³-hybridized carbons (Fsp3) is 0.190. The normalized spacial score (nSPS) is 10.6. The molecule has 0 unspecified atom stereocenters. The summed E-state index contributed by atoms with van der Waals surface area (Å²) < 4.78 is 10.3. The Hall–Kier alpha value is -3.61. The van der Waals surface area contributed by atoms with Crippen molar-refractivity contribution < 1.29 is 18.8 Å². The molecule has 1 aromatic heterocycles. The van der Waals surface area contributed by atoms with Gasteiger partial charge in [0.25, 0.3) is 11.8 Å². The summed E-state index contributed by atoms with van der Waals surface area (Å²) >= 11 is 0. The summed E-state index contributed by atoms with van der Waals surface area (Å²) in [6, 6.07) is 13.7. The third-order valence-electron chi connectivity index (χ3n) is 3.90. The number of nitrogens with one attached hydrogen (secondary N) is 2. The average Bonchev–Trinajstić information content (AvgIpc) is 3.19. The molecular formula is C21H21N3O4. The summed E-state index contributed by atoms with van der Waals surface area (Å²) in [4.78, 5) is 24.7. The first-order valence-electron chi connectivity index (χ1n) is 8.83. The van der Waals surface area contributed by atoms with Crippen molar-refractivity contribution >= 4 is 23.2 Å². The van der Waals surface area contributed by atoms with Crippen LogP contribution in [0.4, 0.5) is 11.4 Å². The molecule has 0 aliphatic heterocycles. The van der Waals surface area contributed by atoms with Crippen molar-refractivity contribution in [3.63, 3.8) is 0 Å². The van der Waals surface area contributed by atoms with Gasteiger partial charge in [0.2, 0.25) is 0 Å². The van der Waals surface area contributed by atoms with Gasteiger partial charge in [-0.1, -0.05) is 11.2 Å². The van der Waals surface area contributed by atoms with Crippen LogP contribution >= 0.6 is 0 Å². The summed E-state index contributed by atoms with van der Waals surface area (Å²) in [5.41, 5.74) is 2.58.